The number of amides is 1. The maximum Gasteiger partial charge on any atom is 0.307 e. The third-order valence-corrected chi connectivity index (χ3v) is 3.23. The van der Waals surface area contributed by atoms with Crippen molar-refractivity contribution in [3.8, 4) is 0 Å². The van der Waals surface area contributed by atoms with Crippen molar-refractivity contribution in [3.05, 3.63) is 41.0 Å². The zero-order chi connectivity index (χ0) is 15.9. The van der Waals surface area contributed by atoms with Gasteiger partial charge in [0.2, 0.25) is 5.91 Å². The summed E-state index contributed by atoms with van der Waals surface area (Å²) in [6, 6.07) is 1.30. The Bertz CT molecular complexity index is 622. The van der Waals surface area contributed by atoms with Crippen LogP contribution in [0.3, 0.4) is 0 Å². The van der Waals surface area contributed by atoms with Crippen molar-refractivity contribution >= 4 is 11.6 Å². The van der Waals surface area contributed by atoms with E-state index in [0.29, 0.717) is 13.0 Å². The van der Waals surface area contributed by atoms with Crippen LogP contribution in [0.5, 0.6) is 0 Å². The van der Waals surface area contributed by atoms with Gasteiger partial charge in [0.25, 0.3) is 0 Å². The normalized spacial score (nSPS) is 12.0. The van der Waals surface area contributed by atoms with Gasteiger partial charge in [-0.2, -0.15) is 10.2 Å². The van der Waals surface area contributed by atoms with Gasteiger partial charge >= 0.3 is 5.69 Å². The first-order chi connectivity index (χ1) is 10.6. The van der Waals surface area contributed by atoms with Gasteiger partial charge in [-0.15, -0.1) is 0 Å². The summed E-state index contributed by atoms with van der Waals surface area (Å²) in [7, 11) is 0. The molecule has 118 valence electrons. The second kappa shape index (κ2) is 7.34. The highest BCUT2D eigenvalue weighted by Crippen LogP contribution is 2.15. The molecule has 0 radical (unpaired) electrons. The summed E-state index contributed by atoms with van der Waals surface area (Å²) in [6.45, 7) is 3.07. The Morgan fingerprint density at radius 1 is 1.50 bits per heavy atom. The lowest BCUT2D eigenvalue weighted by Gasteiger charge is -2.15. The van der Waals surface area contributed by atoms with Crippen LogP contribution in [0.2, 0.25) is 0 Å². The maximum atomic E-state index is 12.2. The van der Waals surface area contributed by atoms with Gasteiger partial charge in [-0.25, -0.2) is 0 Å². The van der Waals surface area contributed by atoms with Crippen LogP contribution in [0, 0.1) is 10.1 Å². The van der Waals surface area contributed by atoms with Crippen LogP contribution in [0.1, 0.15) is 25.8 Å². The van der Waals surface area contributed by atoms with Gasteiger partial charge < -0.3 is 5.32 Å². The number of hydrogen-bond acceptors (Lipinski definition) is 5. The number of aromatic nitrogens is 4. The number of nitrogens with zero attached hydrogens (tertiary/aromatic N) is 5. The first kappa shape index (κ1) is 15.7. The summed E-state index contributed by atoms with van der Waals surface area (Å²) >= 11 is 0. The summed E-state index contributed by atoms with van der Waals surface area (Å²) in [4.78, 5) is 22.3. The number of nitrogens with one attached hydrogen (secondary N) is 1. The smallest absolute Gasteiger partial charge is 0.307 e. The summed E-state index contributed by atoms with van der Waals surface area (Å²) in [5, 5.41) is 21.5. The quantitative estimate of drug-likeness (QED) is 0.447. The predicted molar refractivity (Wildman–Crippen MR) is 78.1 cm³/mol. The van der Waals surface area contributed by atoms with E-state index in [9.17, 15) is 14.9 Å². The molecule has 0 aromatic carbocycles. The number of nitro groups is 1. The molecule has 9 heteroatoms. The minimum atomic E-state index is -0.543. The third kappa shape index (κ3) is 3.90. The van der Waals surface area contributed by atoms with Crippen molar-refractivity contribution in [2.24, 2.45) is 0 Å². The Morgan fingerprint density at radius 3 is 2.91 bits per heavy atom. The molecule has 0 bridgehead atoms. The molecule has 2 rings (SSSR count). The van der Waals surface area contributed by atoms with Crippen LogP contribution >= 0.6 is 0 Å². The zero-order valence-electron chi connectivity index (χ0n) is 12.3. The van der Waals surface area contributed by atoms with Gasteiger partial charge in [-0.05, 0) is 18.9 Å². The van der Waals surface area contributed by atoms with E-state index < -0.39 is 11.0 Å². The Hall–Kier alpha value is -2.71. The summed E-state index contributed by atoms with van der Waals surface area (Å²) < 4.78 is 3.13. The van der Waals surface area contributed by atoms with Gasteiger partial charge in [0, 0.05) is 25.5 Å². The molecular formula is C13H18N6O3. The number of rotatable bonds is 8. The Morgan fingerprint density at radius 2 is 2.32 bits per heavy atom. The Labute approximate surface area is 127 Å². The summed E-state index contributed by atoms with van der Waals surface area (Å²) in [6.07, 6.45) is 7.24. The van der Waals surface area contributed by atoms with Crippen molar-refractivity contribution in [1.82, 2.24) is 24.9 Å². The molecular weight excluding hydrogens is 288 g/mol. The molecule has 0 aliphatic rings. The first-order valence-electron chi connectivity index (χ1n) is 7.05. The monoisotopic (exact) mass is 306 g/mol. The SMILES string of the molecule is CCC(C(=O)NCCCn1cccn1)n1cc([N+](=O)[O-])cn1. The minimum Gasteiger partial charge on any atom is -0.354 e. The average molecular weight is 306 g/mol. The molecule has 0 saturated carbocycles. The fraction of sp³-hybridized carbons (Fsp3) is 0.462. The minimum absolute atomic E-state index is 0.120. The highest BCUT2D eigenvalue weighted by Gasteiger charge is 2.21. The number of carbonyl (C=O) groups is 1. The van der Waals surface area contributed by atoms with E-state index in [1.165, 1.54) is 10.9 Å². The molecule has 0 saturated heterocycles. The number of aryl methyl sites for hydroxylation is 1. The van der Waals surface area contributed by atoms with E-state index in [1.54, 1.807) is 10.9 Å². The number of carbonyl (C=O) groups excluding carboxylic acids is 1. The molecule has 9 nitrogen and oxygen atoms in total. The van der Waals surface area contributed by atoms with E-state index in [4.69, 9.17) is 0 Å². The van der Waals surface area contributed by atoms with E-state index in [1.807, 2.05) is 19.2 Å². The Balaban J connectivity index is 1.84. The third-order valence-electron chi connectivity index (χ3n) is 3.23. The molecule has 22 heavy (non-hydrogen) atoms. The van der Waals surface area contributed by atoms with Gasteiger partial charge in [0.15, 0.2) is 0 Å². The molecule has 2 heterocycles. The maximum absolute atomic E-state index is 12.2. The molecule has 1 atom stereocenters. The van der Waals surface area contributed by atoms with Crippen molar-refractivity contribution in [1.29, 1.82) is 0 Å². The standard InChI is InChI=1S/C13H18N6O3/c1-2-12(18-10-11(9-16-18)19(21)22)13(20)14-5-3-7-17-8-4-6-15-17/h4,6,8-10,12H,2-3,5,7H2,1H3,(H,14,20). The summed E-state index contributed by atoms with van der Waals surface area (Å²) in [5.74, 6) is -0.194. The molecule has 0 fully saturated rings. The van der Waals surface area contributed by atoms with E-state index >= 15 is 0 Å². The lowest BCUT2D eigenvalue weighted by Crippen LogP contribution is -2.33. The largest absolute Gasteiger partial charge is 0.354 e. The van der Waals surface area contributed by atoms with Gasteiger partial charge in [0.1, 0.15) is 18.4 Å². The van der Waals surface area contributed by atoms with Crippen LogP contribution < -0.4 is 5.32 Å². The van der Waals surface area contributed by atoms with Crippen LogP contribution in [0.4, 0.5) is 5.69 Å². The molecule has 0 aliphatic heterocycles. The fourth-order valence-electron chi connectivity index (χ4n) is 2.09. The fourth-order valence-corrected chi connectivity index (χ4v) is 2.09. The Kier molecular flexibility index (Phi) is 5.23. The first-order valence-corrected chi connectivity index (χ1v) is 7.05. The second-order valence-electron chi connectivity index (χ2n) is 4.77. The molecule has 2 aromatic rings. The average Bonchev–Trinajstić information content (AvgIpc) is 3.16. The molecule has 1 N–H and O–H groups in total. The lowest BCUT2D eigenvalue weighted by atomic mass is 10.2. The van der Waals surface area contributed by atoms with Crippen LogP contribution in [0.25, 0.3) is 0 Å². The van der Waals surface area contributed by atoms with Crippen LogP contribution in [-0.4, -0.2) is 36.9 Å². The lowest BCUT2D eigenvalue weighted by molar-refractivity contribution is -0.385. The molecule has 1 amide bonds. The van der Waals surface area contributed by atoms with Gasteiger partial charge in [0.05, 0.1) is 4.92 Å². The zero-order valence-corrected chi connectivity index (χ0v) is 12.3. The molecule has 2 aromatic heterocycles. The summed E-state index contributed by atoms with van der Waals surface area (Å²) in [5.41, 5.74) is -0.120. The van der Waals surface area contributed by atoms with Gasteiger partial charge in [-0.3, -0.25) is 24.3 Å². The molecule has 0 aliphatic carbocycles. The van der Waals surface area contributed by atoms with Crippen molar-refractivity contribution in [2.75, 3.05) is 6.54 Å². The van der Waals surface area contributed by atoms with Crippen LogP contribution in [-0.2, 0) is 11.3 Å². The van der Waals surface area contributed by atoms with Gasteiger partial charge in [-0.1, -0.05) is 6.92 Å². The topological polar surface area (TPSA) is 108 Å². The predicted octanol–water partition coefficient (Wildman–Crippen LogP) is 1.15. The van der Waals surface area contributed by atoms with Crippen LogP contribution in [0.15, 0.2) is 30.9 Å². The molecule has 0 spiro atoms. The second-order valence-corrected chi connectivity index (χ2v) is 4.77. The van der Waals surface area contributed by atoms with E-state index in [0.717, 1.165) is 19.2 Å². The highest BCUT2D eigenvalue weighted by molar-refractivity contribution is 5.80. The number of hydrogen-bond donors (Lipinski definition) is 1. The highest BCUT2D eigenvalue weighted by atomic mass is 16.6. The van der Waals surface area contributed by atoms with Crippen molar-refractivity contribution in [3.63, 3.8) is 0 Å². The van der Waals surface area contributed by atoms with Crippen molar-refractivity contribution in [2.45, 2.75) is 32.4 Å². The van der Waals surface area contributed by atoms with Crippen molar-refractivity contribution < 1.29 is 9.72 Å². The van der Waals surface area contributed by atoms with E-state index in [-0.39, 0.29) is 11.6 Å². The molecule has 1 unspecified atom stereocenters. The van der Waals surface area contributed by atoms with E-state index in [2.05, 4.69) is 15.5 Å².